The van der Waals surface area contributed by atoms with E-state index in [0.717, 1.165) is 41.5 Å². The maximum Gasteiger partial charge on any atom is 0.416 e. The van der Waals surface area contributed by atoms with Gasteiger partial charge in [0.25, 0.3) is 11.5 Å². The fourth-order valence-electron chi connectivity index (χ4n) is 4.90. The van der Waals surface area contributed by atoms with Gasteiger partial charge in [-0.2, -0.15) is 26.3 Å². The molecule has 11 heteroatoms. The molecule has 226 valence electrons. The van der Waals surface area contributed by atoms with Gasteiger partial charge in [-0.1, -0.05) is 24.3 Å². The van der Waals surface area contributed by atoms with Gasteiger partial charge in [-0.3, -0.25) is 14.6 Å². The Balaban J connectivity index is 1.39. The van der Waals surface area contributed by atoms with Crippen molar-refractivity contribution in [3.63, 3.8) is 0 Å². The van der Waals surface area contributed by atoms with Crippen LogP contribution in [0, 0.1) is 6.92 Å². The number of anilines is 1. The molecule has 0 aliphatic rings. The Morgan fingerprint density at radius 2 is 1.52 bits per heavy atom. The fourth-order valence-corrected chi connectivity index (χ4v) is 4.90. The summed E-state index contributed by atoms with van der Waals surface area (Å²) in [5.74, 6) is -0.731. The second-order valence-corrected chi connectivity index (χ2v) is 10.4. The highest BCUT2D eigenvalue weighted by Gasteiger charge is 2.31. The van der Waals surface area contributed by atoms with Gasteiger partial charge in [0.05, 0.1) is 16.6 Å². The molecule has 5 nitrogen and oxygen atoms in total. The van der Waals surface area contributed by atoms with Crippen LogP contribution in [0.25, 0.3) is 22.0 Å². The summed E-state index contributed by atoms with van der Waals surface area (Å²) in [5, 5.41) is 3.27. The van der Waals surface area contributed by atoms with E-state index in [4.69, 9.17) is 0 Å². The summed E-state index contributed by atoms with van der Waals surface area (Å²) in [7, 11) is 1.61. The largest absolute Gasteiger partial charge is 0.416 e. The smallest absolute Gasteiger partial charge is 0.322 e. The maximum absolute atomic E-state index is 13.5. The summed E-state index contributed by atoms with van der Waals surface area (Å²) in [4.78, 5) is 30.7. The molecule has 0 saturated heterocycles. The standard InChI is InChI=1S/C33H25F6N3O2/c1-19-6-12-26(41-30(43)21-4-3-5-24(14-21)33(37,38)39)16-27(19)28-15-22-18-40-25(17-29(22)42(2)31(28)44)13-9-20-7-10-23(11-8-20)32(34,35)36/h3-8,10-12,14-18H,9,13H2,1-2H3,(H,41,43). The number of hydrogen-bond acceptors (Lipinski definition) is 3. The monoisotopic (exact) mass is 609 g/mol. The van der Waals surface area contributed by atoms with Crippen LogP contribution in [0.4, 0.5) is 32.0 Å². The van der Waals surface area contributed by atoms with E-state index in [1.165, 1.54) is 22.8 Å². The number of pyridine rings is 2. The first-order chi connectivity index (χ1) is 20.7. The quantitative estimate of drug-likeness (QED) is 0.199. The minimum absolute atomic E-state index is 0.163. The molecule has 2 aromatic heterocycles. The number of benzene rings is 3. The summed E-state index contributed by atoms with van der Waals surface area (Å²) in [6.45, 7) is 1.79. The number of alkyl halides is 6. The van der Waals surface area contributed by atoms with Crippen molar-refractivity contribution in [2.45, 2.75) is 32.1 Å². The zero-order valence-corrected chi connectivity index (χ0v) is 23.5. The predicted octanol–water partition coefficient (Wildman–Crippen LogP) is 7.98. The molecule has 0 atom stereocenters. The van der Waals surface area contributed by atoms with Crippen LogP contribution in [-0.2, 0) is 32.2 Å². The molecule has 0 aliphatic carbocycles. The van der Waals surface area contributed by atoms with Crippen molar-refractivity contribution in [3.8, 4) is 11.1 Å². The lowest BCUT2D eigenvalue weighted by molar-refractivity contribution is -0.138. The Labute approximate surface area is 247 Å². The van der Waals surface area contributed by atoms with Crippen LogP contribution in [0.1, 0.15) is 38.3 Å². The van der Waals surface area contributed by atoms with Gasteiger partial charge in [0.2, 0.25) is 0 Å². The SMILES string of the molecule is Cc1ccc(NC(=O)c2cccc(C(F)(F)F)c2)cc1-c1cc2cnc(CCc3ccc(C(F)(F)F)cc3)cc2n(C)c1=O. The van der Waals surface area contributed by atoms with E-state index in [1.54, 1.807) is 50.5 Å². The lowest BCUT2D eigenvalue weighted by Gasteiger charge is -2.14. The lowest BCUT2D eigenvalue weighted by atomic mass is 9.99. The number of amides is 1. The van der Waals surface area contributed by atoms with Crippen molar-refractivity contribution in [1.82, 2.24) is 9.55 Å². The van der Waals surface area contributed by atoms with Crippen LogP contribution < -0.4 is 10.9 Å². The maximum atomic E-state index is 13.5. The number of aromatic nitrogens is 2. The second kappa shape index (κ2) is 11.6. The van der Waals surface area contributed by atoms with Gasteiger partial charge >= 0.3 is 12.4 Å². The van der Waals surface area contributed by atoms with E-state index in [9.17, 15) is 35.9 Å². The first-order valence-electron chi connectivity index (χ1n) is 13.4. The van der Waals surface area contributed by atoms with Gasteiger partial charge in [-0.05, 0) is 91.1 Å². The van der Waals surface area contributed by atoms with Gasteiger partial charge in [0.1, 0.15) is 0 Å². The molecule has 0 bridgehead atoms. The van der Waals surface area contributed by atoms with Crippen molar-refractivity contribution in [3.05, 3.63) is 129 Å². The number of aryl methyl sites for hydroxylation is 4. The fraction of sp³-hybridized carbons (Fsp3) is 0.182. The van der Waals surface area contributed by atoms with Crippen LogP contribution in [-0.4, -0.2) is 15.5 Å². The molecule has 5 aromatic rings. The summed E-state index contributed by atoms with van der Waals surface area (Å²) >= 11 is 0. The number of halogens is 6. The second-order valence-electron chi connectivity index (χ2n) is 10.4. The minimum atomic E-state index is -4.59. The molecule has 2 heterocycles. The Hall–Kier alpha value is -4.93. The van der Waals surface area contributed by atoms with E-state index in [1.807, 2.05) is 0 Å². The Bertz CT molecular complexity index is 1930. The van der Waals surface area contributed by atoms with Crippen molar-refractivity contribution < 1.29 is 31.1 Å². The summed E-state index contributed by atoms with van der Waals surface area (Å²) < 4.78 is 79.3. The highest BCUT2D eigenvalue weighted by molar-refractivity contribution is 6.04. The van der Waals surface area contributed by atoms with E-state index >= 15 is 0 Å². The third-order valence-electron chi connectivity index (χ3n) is 7.35. The van der Waals surface area contributed by atoms with Crippen LogP contribution in [0.5, 0.6) is 0 Å². The summed E-state index contributed by atoms with van der Waals surface area (Å²) in [5.41, 5.74) is 1.77. The predicted molar refractivity (Wildman–Crippen MR) is 155 cm³/mol. The Morgan fingerprint density at radius 1 is 0.818 bits per heavy atom. The third kappa shape index (κ3) is 6.51. The van der Waals surface area contributed by atoms with Crippen LogP contribution in [0.2, 0.25) is 0 Å². The Kier molecular flexibility index (Phi) is 8.07. The van der Waals surface area contributed by atoms with Crippen molar-refractivity contribution in [2.75, 3.05) is 5.32 Å². The molecule has 1 N–H and O–H groups in total. The first kappa shape index (κ1) is 30.5. The number of nitrogens with one attached hydrogen (secondary N) is 1. The summed E-state index contributed by atoms with van der Waals surface area (Å²) in [6.07, 6.45) is -6.47. The van der Waals surface area contributed by atoms with Gasteiger partial charge in [0.15, 0.2) is 0 Å². The number of carbonyl (C=O) groups is 1. The van der Waals surface area contributed by atoms with Crippen molar-refractivity contribution in [2.24, 2.45) is 7.05 Å². The minimum Gasteiger partial charge on any atom is -0.322 e. The van der Waals surface area contributed by atoms with E-state index < -0.39 is 29.4 Å². The van der Waals surface area contributed by atoms with Gasteiger partial charge in [0, 0.05) is 41.1 Å². The van der Waals surface area contributed by atoms with E-state index in [-0.39, 0.29) is 11.1 Å². The number of carbonyl (C=O) groups excluding carboxylic acids is 1. The average Bonchev–Trinajstić information content (AvgIpc) is 2.98. The molecule has 3 aromatic carbocycles. The lowest BCUT2D eigenvalue weighted by Crippen LogP contribution is -2.20. The molecule has 5 rings (SSSR count). The molecule has 44 heavy (non-hydrogen) atoms. The van der Waals surface area contributed by atoms with E-state index in [2.05, 4.69) is 10.3 Å². The van der Waals surface area contributed by atoms with Crippen molar-refractivity contribution >= 4 is 22.5 Å². The third-order valence-corrected chi connectivity index (χ3v) is 7.35. The molecule has 0 unspecified atom stereocenters. The van der Waals surface area contributed by atoms with E-state index in [0.29, 0.717) is 46.3 Å². The number of rotatable bonds is 6. The molecule has 0 radical (unpaired) electrons. The molecular weight excluding hydrogens is 584 g/mol. The highest BCUT2D eigenvalue weighted by atomic mass is 19.4. The Morgan fingerprint density at radius 3 is 2.20 bits per heavy atom. The van der Waals surface area contributed by atoms with Gasteiger partial charge in [-0.25, -0.2) is 0 Å². The molecule has 1 amide bonds. The average molecular weight is 610 g/mol. The molecule has 0 saturated carbocycles. The van der Waals surface area contributed by atoms with Crippen LogP contribution in [0.15, 0.2) is 89.9 Å². The zero-order chi connectivity index (χ0) is 31.8. The van der Waals surface area contributed by atoms with Gasteiger partial charge in [-0.15, -0.1) is 0 Å². The summed E-state index contributed by atoms with van der Waals surface area (Å²) in [6, 6.07) is 17.4. The molecule has 0 aliphatic heterocycles. The first-order valence-corrected chi connectivity index (χ1v) is 13.4. The molecular formula is C33H25F6N3O2. The van der Waals surface area contributed by atoms with Crippen LogP contribution >= 0.6 is 0 Å². The number of nitrogens with zero attached hydrogens (tertiary/aromatic N) is 2. The van der Waals surface area contributed by atoms with Crippen LogP contribution in [0.3, 0.4) is 0 Å². The van der Waals surface area contributed by atoms with Crippen molar-refractivity contribution in [1.29, 1.82) is 0 Å². The highest BCUT2D eigenvalue weighted by Crippen LogP contribution is 2.31. The number of hydrogen-bond donors (Lipinski definition) is 1. The topological polar surface area (TPSA) is 64.0 Å². The number of fused-ring (bicyclic) bond motifs is 1. The molecule has 0 spiro atoms. The van der Waals surface area contributed by atoms with Gasteiger partial charge < -0.3 is 9.88 Å². The molecule has 0 fully saturated rings. The normalized spacial score (nSPS) is 12.0. The zero-order valence-electron chi connectivity index (χ0n) is 23.5.